The van der Waals surface area contributed by atoms with Crippen molar-refractivity contribution in [2.75, 3.05) is 38.5 Å². The predicted molar refractivity (Wildman–Crippen MR) is 174 cm³/mol. The van der Waals surface area contributed by atoms with Crippen molar-refractivity contribution in [1.82, 2.24) is 4.90 Å². The van der Waals surface area contributed by atoms with Crippen molar-refractivity contribution < 1.29 is 37.0 Å². The first-order valence-corrected chi connectivity index (χ1v) is 16.3. The molecule has 0 aliphatic carbocycles. The Kier molecular flexibility index (Phi) is 10.5. The highest BCUT2D eigenvalue weighted by Crippen LogP contribution is 2.41. The monoisotopic (exact) mass is 652 g/mol. The third-order valence-corrected chi connectivity index (χ3v) is 10.2. The summed E-state index contributed by atoms with van der Waals surface area (Å²) in [6, 6.07) is 13.1. The highest BCUT2D eigenvalue weighted by atomic mass is 32.2. The number of carbonyl (C=O) groups excluding carboxylic acids is 3. The number of nitrogens with one attached hydrogen (secondary N) is 2. The molecule has 0 aromatic heterocycles. The van der Waals surface area contributed by atoms with Gasteiger partial charge in [0.15, 0.2) is 21.3 Å². The number of hydrogen-bond donors (Lipinski definition) is 3. The number of carbonyl (C=O) groups is 3. The number of rotatable bonds is 11. The van der Waals surface area contributed by atoms with Crippen LogP contribution in [-0.2, 0) is 19.4 Å². The van der Waals surface area contributed by atoms with Crippen molar-refractivity contribution in [1.29, 1.82) is 0 Å². The van der Waals surface area contributed by atoms with E-state index in [1.165, 1.54) is 33.5 Å². The molecule has 2 atom stereocenters. The first-order valence-electron chi connectivity index (χ1n) is 14.7. The van der Waals surface area contributed by atoms with E-state index >= 15 is 0 Å². The van der Waals surface area contributed by atoms with Crippen LogP contribution in [-0.4, -0.2) is 64.3 Å². The van der Waals surface area contributed by atoms with Crippen LogP contribution < -0.4 is 25.8 Å². The van der Waals surface area contributed by atoms with Crippen LogP contribution in [0.25, 0.3) is 0 Å². The SMILES string of the molecule is COC(=O)Nc1ccc(S(=O)(=O)C(C)C)c([C@H]2CCCN2C(=O)[C@@H](Nc2cc(C)cc(C(N)=O)c2)c2ccc(OC)c(OC)c2)c1. The third kappa shape index (κ3) is 7.20. The maximum absolute atomic E-state index is 14.7. The van der Waals surface area contributed by atoms with Gasteiger partial charge in [-0.05, 0) is 98.8 Å². The Hall–Kier alpha value is -4.78. The molecule has 3 aromatic rings. The average molecular weight is 653 g/mol. The van der Waals surface area contributed by atoms with Gasteiger partial charge in [0.2, 0.25) is 11.8 Å². The molecule has 4 rings (SSSR count). The van der Waals surface area contributed by atoms with Crippen molar-refractivity contribution in [3.63, 3.8) is 0 Å². The van der Waals surface area contributed by atoms with Gasteiger partial charge in [0.25, 0.3) is 0 Å². The smallest absolute Gasteiger partial charge is 0.411 e. The minimum Gasteiger partial charge on any atom is -0.493 e. The number of ether oxygens (including phenoxy) is 3. The quantitative estimate of drug-likeness (QED) is 0.259. The number of primary amides is 1. The summed E-state index contributed by atoms with van der Waals surface area (Å²) in [7, 11) is 0.463. The van der Waals surface area contributed by atoms with E-state index in [-0.39, 0.29) is 16.4 Å². The maximum Gasteiger partial charge on any atom is 0.411 e. The molecule has 1 aliphatic heterocycles. The molecule has 1 fully saturated rings. The van der Waals surface area contributed by atoms with E-state index in [2.05, 4.69) is 10.6 Å². The second-order valence-electron chi connectivity index (χ2n) is 11.3. The first-order chi connectivity index (χ1) is 21.8. The standard InChI is InChI=1S/C33H40N4O8S/c1-19(2)46(41,42)29-12-10-23(36-33(40)45-6)18-25(29)26-8-7-13-37(26)32(39)30(21-9-11-27(43-4)28(17-21)44-5)35-24-15-20(3)14-22(16-24)31(34)38/h9-12,14-19,26,30,35H,7-8,13H2,1-6H3,(H2,34,38)(H,36,40)/t26-,30+/m1/s1. The van der Waals surface area contributed by atoms with E-state index < -0.39 is 39.2 Å². The Bertz CT molecular complexity index is 1740. The molecule has 13 heteroatoms. The number of aryl methyl sites for hydroxylation is 1. The lowest BCUT2D eigenvalue weighted by Gasteiger charge is -2.32. The zero-order valence-electron chi connectivity index (χ0n) is 26.7. The van der Waals surface area contributed by atoms with E-state index in [9.17, 15) is 22.8 Å². The lowest BCUT2D eigenvalue weighted by molar-refractivity contribution is -0.133. The van der Waals surface area contributed by atoms with E-state index in [4.69, 9.17) is 19.9 Å². The van der Waals surface area contributed by atoms with Gasteiger partial charge in [-0.15, -0.1) is 0 Å². The van der Waals surface area contributed by atoms with Gasteiger partial charge >= 0.3 is 6.09 Å². The number of hydrogen-bond acceptors (Lipinski definition) is 9. The van der Waals surface area contributed by atoms with E-state index in [1.807, 2.05) is 6.92 Å². The average Bonchev–Trinajstić information content (AvgIpc) is 3.52. The van der Waals surface area contributed by atoms with Crippen molar-refractivity contribution in [2.45, 2.75) is 55.8 Å². The molecule has 0 unspecified atom stereocenters. The minimum absolute atomic E-state index is 0.0861. The van der Waals surface area contributed by atoms with Gasteiger partial charge < -0.3 is 30.2 Å². The Morgan fingerprint density at radius 2 is 1.65 bits per heavy atom. The molecule has 0 radical (unpaired) electrons. The van der Waals surface area contributed by atoms with Crippen molar-refractivity contribution in [3.05, 3.63) is 76.9 Å². The second-order valence-corrected chi connectivity index (χ2v) is 13.8. The fraction of sp³-hybridized carbons (Fsp3) is 0.364. The van der Waals surface area contributed by atoms with Crippen LogP contribution >= 0.6 is 0 Å². The minimum atomic E-state index is -3.77. The zero-order chi connectivity index (χ0) is 33.8. The Labute approximate surface area is 269 Å². The molecule has 12 nitrogen and oxygen atoms in total. The maximum atomic E-state index is 14.7. The summed E-state index contributed by atoms with van der Waals surface area (Å²) in [5.41, 5.74) is 8.37. The van der Waals surface area contributed by atoms with Gasteiger partial charge in [-0.1, -0.05) is 6.07 Å². The summed E-state index contributed by atoms with van der Waals surface area (Å²) < 4.78 is 42.7. The molecule has 1 heterocycles. The van der Waals surface area contributed by atoms with Crippen LogP contribution in [0, 0.1) is 6.92 Å². The number of anilines is 2. The topological polar surface area (TPSA) is 166 Å². The number of nitrogens with two attached hydrogens (primary N) is 1. The summed E-state index contributed by atoms with van der Waals surface area (Å²) in [5, 5.41) is 5.16. The molecule has 0 saturated carbocycles. The van der Waals surface area contributed by atoms with Crippen molar-refractivity contribution >= 4 is 39.1 Å². The third-order valence-electron chi connectivity index (χ3n) is 7.92. The van der Waals surface area contributed by atoms with Crippen LogP contribution in [0.4, 0.5) is 16.2 Å². The summed E-state index contributed by atoms with van der Waals surface area (Å²) in [4.78, 5) is 40.4. The van der Waals surface area contributed by atoms with Gasteiger partial charge in [-0.3, -0.25) is 14.9 Å². The first kappa shape index (κ1) is 34.1. The lowest BCUT2D eigenvalue weighted by atomic mass is 10.00. The fourth-order valence-corrected chi connectivity index (χ4v) is 6.87. The van der Waals surface area contributed by atoms with Crippen molar-refractivity contribution in [3.8, 4) is 11.5 Å². The van der Waals surface area contributed by atoms with Gasteiger partial charge in [0, 0.05) is 23.5 Å². The van der Waals surface area contributed by atoms with E-state index in [0.29, 0.717) is 53.4 Å². The summed E-state index contributed by atoms with van der Waals surface area (Å²) >= 11 is 0. The highest BCUT2D eigenvalue weighted by molar-refractivity contribution is 7.92. The predicted octanol–water partition coefficient (Wildman–Crippen LogP) is 4.99. The summed E-state index contributed by atoms with van der Waals surface area (Å²) in [6.45, 7) is 5.35. The number of amides is 3. The Morgan fingerprint density at radius 3 is 2.28 bits per heavy atom. The highest BCUT2D eigenvalue weighted by Gasteiger charge is 2.38. The van der Waals surface area contributed by atoms with E-state index in [0.717, 1.165) is 5.56 Å². The molecule has 0 bridgehead atoms. The summed E-state index contributed by atoms with van der Waals surface area (Å²) in [6.07, 6.45) is 0.389. The number of nitrogens with zero attached hydrogens (tertiary/aromatic N) is 1. The van der Waals surface area contributed by atoms with Crippen LogP contribution in [0.2, 0.25) is 0 Å². The molecule has 246 valence electrons. The van der Waals surface area contributed by atoms with Gasteiger partial charge in [0.1, 0.15) is 6.04 Å². The number of sulfone groups is 1. The molecule has 3 amide bonds. The number of methoxy groups -OCH3 is 3. The summed E-state index contributed by atoms with van der Waals surface area (Å²) in [5.74, 6) is -0.0659. The van der Waals surface area contributed by atoms with Crippen LogP contribution in [0.5, 0.6) is 11.5 Å². The molecule has 4 N–H and O–H groups in total. The molecular formula is C33H40N4O8S. The number of likely N-dealkylation sites (tertiary alicyclic amines) is 1. The van der Waals surface area contributed by atoms with Crippen molar-refractivity contribution in [2.24, 2.45) is 5.73 Å². The van der Waals surface area contributed by atoms with Crippen LogP contribution in [0.3, 0.4) is 0 Å². The molecule has 0 spiro atoms. The van der Waals surface area contributed by atoms with Gasteiger partial charge in [-0.25, -0.2) is 13.2 Å². The van der Waals surface area contributed by atoms with Crippen LogP contribution in [0.1, 0.15) is 65.8 Å². The molecule has 1 saturated heterocycles. The lowest BCUT2D eigenvalue weighted by Crippen LogP contribution is -2.38. The molecule has 3 aromatic carbocycles. The Balaban J connectivity index is 1.84. The normalized spacial score (nSPS) is 15.3. The molecular weight excluding hydrogens is 612 g/mol. The van der Waals surface area contributed by atoms with Gasteiger partial charge in [0.05, 0.1) is 37.5 Å². The fourth-order valence-electron chi connectivity index (χ4n) is 5.58. The van der Waals surface area contributed by atoms with Gasteiger partial charge in [-0.2, -0.15) is 0 Å². The van der Waals surface area contributed by atoms with Crippen LogP contribution in [0.15, 0.2) is 59.5 Å². The second kappa shape index (κ2) is 14.1. The largest absolute Gasteiger partial charge is 0.493 e. The zero-order valence-corrected chi connectivity index (χ0v) is 27.6. The molecule has 46 heavy (non-hydrogen) atoms. The molecule has 1 aliphatic rings. The number of benzene rings is 3. The Morgan fingerprint density at radius 1 is 0.935 bits per heavy atom. The van der Waals surface area contributed by atoms with E-state index in [1.54, 1.807) is 61.2 Å².